The molecule has 0 fully saturated rings. The summed E-state index contributed by atoms with van der Waals surface area (Å²) in [6.45, 7) is 13.7. The number of phenolic OH excluding ortho intramolecular Hbond substituents is 1. The zero-order valence-corrected chi connectivity index (χ0v) is 24.0. The Labute approximate surface area is 223 Å². The van der Waals surface area contributed by atoms with E-state index >= 15 is 0 Å². The van der Waals surface area contributed by atoms with E-state index in [0.717, 1.165) is 44.9 Å². The SMILES string of the molecule is CCCCCCCCN(C(=O)C(C)NC(=O)OC(C)(C)C)C(C(=O)NCCCC)c1ccc(O)c(C)c1. The number of hydrogen-bond acceptors (Lipinski definition) is 5. The largest absolute Gasteiger partial charge is 0.508 e. The average molecular weight is 520 g/mol. The van der Waals surface area contributed by atoms with Crippen molar-refractivity contribution in [2.75, 3.05) is 13.1 Å². The van der Waals surface area contributed by atoms with Gasteiger partial charge in [-0.25, -0.2) is 4.79 Å². The number of alkyl carbamates (subject to hydrolysis) is 1. The Kier molecular flexibility index (Phi) is 14.1. The zero-order chi connectivity index (χ0) is 28.0. The average Bonchev–Trinajstić information content (AvgIpc) is 2.80. The molecule has 0 heterocycles. The van der Waals surface area contributed by atoms with E-state index in [1.54, 1.807) is 57.7 Å². The summed E-state index contributed by atoms with van der Waals surface area (Å²) in [4.78, 5) is 41.2. The van der Waals surface area contributed by atoms with Crippen LogP contribution >= 0.6 is 0 Å². The van der Waals surface area contributed by atoms with Crippen molar-refractivity contribution < 1.29 is 24.2 Å². The molecule has 1 rings (SSSR count). The molecule has 0 aliphatic heterocycles. The number of carbonyl (C=O) groups is 3. The van der Waals surface area contributed by atoms with E-state index in [-0.39, 0.29) is 17.6 Å². The third-order valence-corrected chi connectivity index (χ3v) is 6.07. The summed E-state index contributed by atoms with van der Waals surface area (Å²) in [6.07, 6.45) is 7.29. The zero-order valence-electron chi connectivity index (χ0n) is 24.0. The smallest absolute Gasteiger partial charge is 0.408 e. The van der Waals surface area contributed by atoms with E-state index in [1.165, 1.54) is 6.42 Å². The predicted octanol–water partition coefficient (Wildman–Crippen LogP) is 5.76. The fourth-order valence-electron chi connectivity index (χ4n) is 4.03. The van der Waals surface area contributed by atoms with Gasteiger partial charge >= 0.3 is 6.09 Å². The molecule has 3 N–H and O–H groups in total. The molecule has 37 heavy (non-hydrogen) atoms. The highest BCUT2D eigenvalue weighted by molar-refractivity contribution is 5.92. The summed E-state index contributed by atoms with van der Waals surface area (Å²) in [5.41, 5.74) is 0.542. The molecule has 1 aromatic rings. The molecule has 0 saturated heterocycles. The number of aromatic hydroxyl groups is 1. The van der Waals surface area contributed by atoms with E-state index in [4.69, 9.17) is 4.74 Å². The molecule has 2 unspecified atom stereocenters. The van der Waals surface area contributed by atoms with Gasteiger partial charge in [0, 0.05) is 13.1 Å². The number of amides is 3. The minimum absolute atomic E-state index is 0.127. The number of nitrogens with zero attached hydrogens (tertiary/aromatic N) is 1. The maximum atomic E-state index is 13.7. The van der Waals surface area contributed by atoms with Crippen molar-refractivity contribution in [2.45, 2.75) is 118 Å². The van der Waals surface area contributed by atoms with Crippen LogP contribution in [0.4, 0.5) is 4.79 Å². The molecule has 8 nitrogen and oxygen atoms in total. The molecule has 210 valence electrons. The normalized spacial score (nSPS) is 12.9. The Balaban J connectivity index is 3.27. The van der Waals surface area contributed by atoms with Crippen molar-refractivity contribution in [1.82, 2.24) is 15.5 Å². The van der Waals surface area contributed by atoms with Gasteiger partial charge in [-0.05, 0) is 70.7 Å². The maximum absolute atomic E-state index is 13.7. The van der Waals surface area contributed by atoms with Gasteiger partial charge in [-0.15, -0.1) is 0 Å². The highest BCUT2D eigenvalue weighted by Gasteiger charge is 2.34. The van der Waals surface area contributed by atoms with E-state index in [1.807, 2.05) is 6.92 Å². The van der Waals surface area contributed by atoms with Gasteiger partial charge in [0.2, 0.25) is 11.8 Å². The second-order valence-electron chi connectivity index (χ2n) is 10.8. The Morgan fingerprint density at radius 2 is 1.62 bits per heavy atom. The van der Waals surface area contributed by atoms with Crippen molar-refractivity contribution in [3.63, 3.8) is 0 Å². The number of aryl methyl sites for hydroxylation is 1. The lowest BCUT2D eigenvalue weighted by Gasteiger charge is -2.34. The molecule has 2 atom stereocenters. The molecule has 3 amide bonds. The first-order chi connectivity index (χ1) is 17.4. The molecule has 0 bridgehead atoms. The van der Waals surface area contributed by atoms with E-state index in [9.17, 15) is 19.5 Å². The summed E-state index contributed by atoms with van der Waals surface area (Å²) in [7, 11) is 0. The number of ether oxygens (including phenoxy) is 1. The van der Waals surface area contributed by atoms with Crippen LogP contribution in [-0.4, -0.2) is 52.6 Å². The highest BCUT2D eigenvalue weighted by atomic mass is 16.6. The lowest BCUT2D eigenvalue weighted by atomic mass is 9.99. The molecule has 1 aromatic carbocycles. The van der Waals surface area contributed by atoms with Gasteiger partial charge in [-0.1, -0.05) is 58.4 Å². The standard InChI is InChI=1S/C29H49N3O5/c1-8-10-12-13-14-15-19-32(27(35)22(4)31-28(36)37-29(5,6)7)25(26(34)30-18-11-9-2)23-16-17-24(33)21(3)20-23/h16-17,20,22,25,33H,8-15,18-19H2,1-7H3,(H,30,34)(H,31,36). The summed E-state index contributed by atoms with van der Waals surface area (Å²) in [5.74, 6) is -0.509. The molecule has 0 aliphatic carbocycles. The Bertz CT molecular complexity index is 866. The third kappa shape index (κ3) is 11.9. The number of hydrogen-bond donors (Lipinski definition) is 3. The number of rotatable bonds is 15. The quantitative estimate of drug-likeness (QED) is 0.255. The Morgan fingerprint density at radius 1 is 1.00 bits per heavy atom. The van der Waals surface area contributed by atoms with Gasteiger partial charge in [0.05, 0.1) is 0 Å². The van der Waals surface area contributed by atoms with Crippen LogP contribution in [0.3, 0.4) is 0 Å². The van der Waals surface area contributed by atoms with Crippen LogP contribution in [0.1, 0.15) is 110 Å². The van der Waals surface area contributed by atoms with E-state index < -0.39 is 23.8 Å². The van der Waals surface area contributed by atoms with Crippen molar-refractivity contribution in [3.8, 4) is 5.75 Å². The van der Waals surface area contributed by atoms with Crippen molar-refractivity contribution in [2.24, 2.45) is 0 Å². The molecule has 0 aliphatic rings. The fourth-order valence-corrected chi connectivity index (χ4v) is 4.03. The van der Waals surface area contributed by atoms with Crippen LogP contribution in [-0.2, 0) is 14.3 Å². The van der Waals surface area contributed by atoms with Gasteiger partial charge in [0.15, 0.2) is 0 Å². The second-order valence-corrected chi connectivity index (χ2v) is 10.8. The van der Waals surface area contributed by atoms with Crippen LogP contribution in [0.5, 0.6) is 5.75 Å². The lowest BCUT2D eigenvalue weighted by molar-refractivity contribution is -0.142. The Morgan fingerprint density at radius 3 is 2.22 bits per heavy atom. The minimum atomic E-state index is -0.890. The predicted molar refractivity (Wildman–Crippen MR) is 147 cm³/mol. The molecular weight excluding hydrogens is 470 g/mol. The van der Waals surface area contributed by atoms with Crippen molar-refractivity contribution in [1.29, 1.82) is 0 Å². The first-order valence-corrected chi connectivity index (χ1v) is 13.8. The highest BCUT2D eigenvalue weighted by Crippen LogP contribution is 2.27. The first-order valence-electron chi connectivity index (χ1n) is 13.8. The number of phenols is 1. The lowest BCUT2D eigenvalue weighted by Crippen LogP contribution is -2.52. The summed E-state index contributed by atoms with van der Waals surface area (Å²) >= 11 is 0. The Hall–Kier alpha value is -2.77. The van der Waals surface area contributed by atoms with Gasteiger partial charge in [0.25, 0.3) is 0 Å². The third-order valence-electron chi connectivity index (χ3n) is 6.07. The summed E-state index contributed by atoms with van der Waals surface area (Å²) < 4.78 is 5.33. The molecule has 0 radical (unpaired) electrons. The van der Waals surface area contributed by atoms with Crippen LogP contribution in [0, 0.1) is 6.92 Å². The van der Waals surface area contributed by atoms with Crippen LogP contribution in [0.15, 0.2) is 18.2 Å². The molecule has 8 heteroatoms. The molecule has 0 saturated carbocycles. The first kappa shape index (κ1) is 32.3. The minimum Gasteiger partial charge on any atom is -0.508 e. The maximum Gasteiger partial charge on any atom is 0.408 e. The van der Waals surface area contributed by atoms with Crippen molar-refractivity contribution in [3.05, 3.63) is 29.3 Å². The number of benzene rings is 1. The van der Waals surface area contributed by atoms with E-state index in [2.05, 4.69) is 17.6 Å². The summed E-state index contributed by atoms with van der Waals surface area (Å²) in [6, 6.07) is 3.20. The van der Waals surface area contributed by atoms with E-state index in [0.29, 0.717) is 24.2 Å². The molecular formula is C29H49N3O5. The fraction of sp³-hybridized carbons (Fsp3) is 0.690. The van der Waals surface area contributed by atoms with Crippen LogP contribution in [0.2, 0.25) is 0 Å². The number of carbonyl (C=O) groups excluding carboxylic acids is 3. The van der Waals surface area contributed by atoms with Gasteiger partial charge in [0.1, 0.15) is 23.4 Å². The molecule has 0 spiro atoms. The number of nitrogens with one attached hydrogen (secondary N) is 2. The summed E-state index contributed by atoms with van der Waals surface area (Å²) in [5, 5.41) is 15.7. The van der Waals surface area contributed by atoms with Crippen molar-refractivity contribution >= 4 is 17.9 Å². The van der Waals surface area contributed by atoms with Gasteiger partial charge in [-0.2, -0.15) is 0 Å². The van der Waals surface area contributed by atoms with Gasteiger partial charge < -0.3 is 25.4 Å². The van der Waals surface area contributed by atoms with Gasteiger partial charge in [-0.3, -0.25) is 9.59 Å². The second kappa shape index (κ2) is 16.2. The molecule has 0 aromatic heterocycles. The number of unbranched alkanes of at least 4 members (excludes halogenated alkanes) is 6. The topological polar surface area (TPSA) is 108 Å². The van der Waals surface area contributed by atoms with Crippen LogP contribution < -0.4 is 10.6 Å². The van der Waals surface area contributed by atoms with Crippen LogP contribution in [0.25, 0.3) is 0 Å². The monoisotopic (exact) mass is 519 g/mol.